The van der Waals surface area contributed by atoms with Crippen molar-refractivity contribution in [2.75, 3.05) is 30.4 Å². The lowest BCUT2D eigenvalue weighted by Gasteiger charge is -2.28. The molecule has 0 saturated carbocycles. The van der Waals surface area contributed by atoms with Crippen LogP contribution in [0.1, 0.15) is 12.0 Å². The largest absolute Gasteiger partial charge is 0.481 e. The molecule has 1 N–H and O–H groups in total. The van der Waals surface area contributed by atoms with Gasteiger partial charge in [0.25, 0.3) is 0 Å². The second kappa shape index (κ2) is 5.66. The van der Waals surface area contributed by atoms with E-state index < -0.39 is 11.7 Å². The van der Waals surface area contributed by atoms with Gasteiger partial charge in [0.2, 0.25) is 5.88 Å². The number of ether oxygens (including phenoxy) is 1. The van der Waals surface area contributed by atoms with Gasteiger partial charge in [0.15, 0.2) is 5.82 Å². The van der Waals surface area contributed by atoms with Gasteiger partial charge in [0.05, 0.1) is 34.6 Å². The van der Waals surface area contributed by atoms with E-state index in [0.717, 1.165) is 37.5 Å². The molecule has 1 saturated heterocycles. The molecule has 2 aliphatic heterocycles. The van der Waals surface area contributed by atoms with Crippen LogP contribution in [0.5, 0.6) is 5.88 Å². The van der Waals surface area contributed by atoms with Crippen LogP contribution >= 0.6 is 11.6 Å². The maximum Gasteiger partial charge on any atom is 0.417 e. The summed E-state index contributed by atoms with van der Waals surface area (Å²) in [6.45, 7) is 1.77. The van der Waals surface area contributed by atoms with E-state index in [1.165, 1.54) is 7.11 Å². The highest BCUT2D eigenvalue weighted by atomic mass is 35.5. The smallest absolute Gasteiger partial charge is 0.417 e. The number of fused-ring (bicyclic) bond motifs is 4. The first-order valence-electron chi connectivity index (χ1n) is 7.70. The Balaban J connectivity index is 1.86. The van der Waals surface area contributed by atoms with Crippen molar-refractivity contribution < 1.29 is 17.9 Å². The average molecular weight is 371 g/mol. The number of hydrogen-bond acceptors (Lipinski definition) is 5. The maximum atomic E-state index is 13.1. The second-order valence-electron chi connectivity index (χ2n) is 6.04. The second-order valence-corrected chi connectivity index (χ2v) is 6.45. The summed E-state index contributed by atoms with van der Waals surface area (Å²) in [6.07, 6.45) is -2.80. The van der Waals surface area contributed by atoms with Crippen LogP contribution < -0.4 is 15.0 Å². The third-order valence-electron chi connectivity index (χ3n) is 4.45. The Morgan fingerprint density at radius 3 is 2.88 bits per heavy atom. The fourth-order valence-electron chi connectivity index (χ4n) is 3.25. The number of aromatic nitrogens is 2. The molecule has 2 aromatic rings. The molecule has 0 aromatic carbocycles. The minimum atomic E-state index is -4.52. The van der Waals surface area contributed by atoms with E-state index in [1.807, 2.05) is 0 Å². The lowest BCUT2D eigenvalue weighted by atomic mass is 10.1. The van der Waals surface area contributed by atoms with Crippen molar-refractivity contribution in [3.05, 3.63) is 28.9 Å². The summed E-state index contributed by atoms with van der Waals surface area (Å²) < 4.78 is 44.3. The maximum absolute atomic E-state index is 13.1. The van der Waals surface area contributed by atoms with E-state index in [2.05, 4.69) is 20.2 Å². The highest BCUT2D eigenvalue weighted by Gasteiger charge is 2.34. The van der Waals surface area contributed by atoms with Gasteiger partial charge < -0.3 is 15.0 Å². The first-order valence-corrected chi connectivity index (χ1v) is 8.08. The summed E-state index contributed by atoms with van der Waals surface area (Å²) in [5.41, 5.74) is 0.308. The molecule has 2 aliphatic rings. The quantitative estimate of drug-likeness (QED) is 0.870. The first-order chi connectivity index (χ1) is 11.9. The Labute approximate surface area is 146 Å². The molecule has 1 fully saturated rings. The zero-order valence-corrected chi connectivity index (χ0v) is 13.9. The fourth-order valence-corrected chi connectivity index (χ4v) is 3.49. The zero-order chi connectivity index (χ0) is 17.8. The van der Waals surface area contributed by atoms with Crippen molar-refractivity contribution in [3.8, 4) is 17.1 Å². The van der Waals surface area contributed by atoms with Gasteiger partial charge >= 0.3 is 6.18 Å². The average Bonchev–Trinajstić information content (AvgIpc) is 2.96. The number of hydrogen-bond donors (Lipinski definition) is 1. The van der Waals surface area contributed by atoms with Crippen LogP contribution in [0.2, 0.25) is 5.02 Å². The molecule has 132 valence electrons. The molecule has 0 amide bonds. The van der Waals surface area contributed by atoms with Gasteiger partial charge in [-0.25, -0.2) is 9.97 Å². The SMILES string of the molecule is COc1ncc(C(F)(F)F)cc1-c1nc2c(cc1Cl)N1CCC(C1)N2. The van der Waals surface area contributed by atoms with Crippen LogP contribution in [0.4, 0.5) is 24.7 Å². The van der Waals surface area contributed by atoms with Gasteiger partial charge in [-0.3, -0.25) is 0 Å². The molecule has 1 atom stereocenters. The zero-order valence-electron chi connectivity index (χ0n) is 13.2. The lowest BCUT2D eigenvalue weighted by molar-refractivity contribution is -0.137. The molecule has 25 heavy (non-hydrogen) atoms. The predicted molar refractivity (Wildman–Crippen MR) is 88.3 cm³/mol. The van der Waals surface area contributed by atoms with Crippen LogP contribution in [0.15, 0.2) is 18.3 Å². The summed E-state index contributed by atoms with van der Waals surface area (Å²) in [5.74, 6) is 0.661. The van der Waals surface area contributed by atoms with Gasteiger partial charge in [0, 0.05) is 25.3 Å². The summed E-state index contributed by atoms with van der Waals surface area (Å²) in [5, 5.41) is 3.57. The molecular weight excluding hydrogens is 357 g/mol. The van der Waals surface area contributed by atoms with E-state index in [9.17, 15) is 13.2 Å². The Bertz CT molecular complexity index is 843. The number of rotatable bonds is 2. The Morgan fingerprint density at radius 1 is 1.36 bits per heavy atom. The van der Waals surface area contributed by atoms with E-state index in [-0.39, 0.29) is 28.2 Å². The number of nitrogens with one attached hydrogen (secondary N) is 1. The van der Waals surface area contributed by atoms with Crippen LogP contribution in [-0.4, -0.2) is 36.2 Å². The number of alkyl halides is 3. The van der Waals surface area contributed by atoms with Crippen molar-refractivity contribution in [1.29, 1.82) is 0 Å². The number of pyridine rings is 2. The van der Waals surface area contributed by atoms with Crippen molar-refractivity contribution in [3.63, 3.8) is 0 Å². The molecular formula is C16H14ClF3N4O. The van der Waals surface area contributed by atoms with Crippen LogP contribution in [-0.2, 0) is 6.18 Å². The molecule has 2 bridgehead atoms. The Hall–Kier alpha value is -2.22. The lowest BCUT2D eigenvalue weighted by Crippen LogP contribution is -2.32. The van der Waals surface area contributed by atoms with Crippen LogP contribution in [0, 0.1) is 0 Å². The van der Waals surface area contributed by atoms with Gasteiger partial charge in [0.1, 0.15) is 0 Å². The molecule has 1 unspecified atom stereocenters. The van der Waals surface area contributed by atoms with E-state index in [1.54, 1.807) is 6.07 Å². The van der Waals surface area contributed by atoms with E-state index in [4.69, 9.17) is 16.3 Å². The minimum Gasteiger partial charge on any atom is -0.481 e. The summed E-state index contributed by atoms with van der Waals surface area (Å²) in [6, 6.07) is 2.98. The molecule has 0 spiro atoms. The molecule has 2 aromatic heterocycles. The van der Waals surface area contributed by atoms with Crippen molar-refractivity contribution in [2.45, 2.75) is 18.6 Å². The normalized spacial score (nSPS) is 18.8. The van der Waals surface area contributed by atoms with Crippen LogP contribution in [0.3, 0.4) is 0 Å². The van der Waals surface area contributed by atoms with Crippen LogP contribution in [0.25, 0.3) is 11.3 Å². The van der Waals surface area contributed by atoms with Gasteiger partial charge in [-0.2, -0.15) is 13.2 Å². The van der Waals surface area contributed by atoms with Crippen molar-refractivity contribution in [2.24, 2.45) is 0 Å². The number of halogens is 4. The van der Waals surface area contributed by atoms with Gasteiger partial charge in [-0.05, 0) is 18.6 Å². The molecule has 5 nitrogen and oxygen atoms in total. The topological polar surface area (TPSA) is 50.3 Å². The molecule has 4 rings (SSSR count). The molecule has 9 heteroatoms. The highest BCUT2D eigenvalue weighted by molar-refractivity contribution is 6.33. The van der Waals surface area contributed by atoms with Gasteiger partial charge in [-0.15, -0.1) is 0 Å². The molecule has 0 radical (unpaired) electrons. The van der Waals surface area contributed by atoms with Gasteiger partial charge in [-0.1, -0.05) is 11.6 Å². The first kappa shape index (κ1) is 16.3. The third kappa shape index (κ3) is 2.74. The predicted octanol–water partition coefficient (Wildman–Crippen LogP) is 3.83. The van der Waals surface area contributed by atoms with E-state index in [0.29, 0.717) is 5.82 Å². The molecule has 4 heterocycles. The number of methoxy groups -OCH3 is 1. The van der Waals surface area contributed by atoms with Crippen molar-refractivity contribution in [1.82, 2.24) is 9.97 Å². The Morgan fingerprint density at radius 2 is 2.16 bits per heavy atom. The highest BCUT2D eigenvalue weighted by Crippen LogP contribution is 2.42. The van der Waals surface area contributed by atoms with Crippen molar-refractivity contribution >= 4 is 23.1 Å². The third-order valence-corrected chi connectivity index (χ3v) is 4.74. The monoisotopic (exact) mass is 370 g/mol. The molecule has 0 aliphatic carbocycles. The number of nitrogens with zero attached hydrogens (tertiary/aromatic N) is 3. The summed E-state index contributed by atoms with van der Waals surface area (Å²) >= 11 is 6.35. The fraction of sp³-hybridized carbons (Fsp3) is 0.375. The minimum absolute atomic E-state index is 0.0430. The summed E-state index contributed by atoms with van der Waals surface area (Å²) in [7, 11) is 1.34. The van der Waals surface area contributed by atoms with E-state index >= 15 is 0 Å². The standard InChI is InChI=1S/C16H14ClF3N4O/c1-25-15-10(4-8(6-21-15)16(18,19)20)13-11(17)5-12-14(23-13)22-9-2-3-24(12)7-9/h4-6,9H,2-3,7H2,1H3,(H,22,23). The number of anilines is 2. The summed E-state index contributed by atoms with van der Waals surface area (Å²) in [4.78, 5) is 10.4. The Kier molecular flexibility index (Phi) is 3.68.